The highest BCUT2D eigenvalue weighted by Crippen LogP contribution is 2.07. The van der Waals surface area contributed by atoms with Crippen molar-refractivity contribution in [2.45, 2.75) is 26.7 Å². The Morgan fingerprint density at radius 3 is 2.18 bits per heavy atom. The molecule has 0 saturated carbocycles. The third-order valence-electron chi connectivity index (χ3n) is 3.20. The maximum absolute atomic E-state index is 11.3. The van der Waals surface area contributed by atoms with Gasteiger partial charge in [-0.3, -0.25) is 9.59 Å². The first-order valence-electron chi connectivity index (χ1n) is 6.34. The van der Waals surface area contributed by atoms with E-state index in [1.54, 1.807) is 0 Å². The maximum Gasteiger partial charge on any atom is 0.249 e. The Balaban J connectivity index is 2.32. The molecule has 0 aliphatic rings. The van der Waals surface area contributed by atoms with Gasteiger partial charge in [0.15, 0.2) is 0 Å². The molecule has 0 amide bonds. The van der Waals surface area contributed by atoms with Gasteiger partial charge in [-0.05, 0) is 39.9 Å². The van der Waals surface area contributed by atoms with Crippen molar-refractivity contribution < 1.29 is 0 Å². The van der Waals surface area contributed by atoms with Crippen LogP contribution in [0, 0.1) is 0 Å². The van der Waals surface area contributed by atoms with Crippen LogP contribution in [0.25, 0.3) is 0 Å². The second kappa shape index (κ2) is 6.55. The summed E-state index contributed by atoms with van der Waals surface area (Å²) in [5.74, 6) is 0. The van der Waals surface area contributed by atoms with Crippen LogP contribution in [0.5, 0.6) is 0 Å². The highest BCUT2D eigenvalue weighted by atomic mass is 16.2. The zero-order valence-corrected chi connectivity index (χ0v) is 11.0. The summed E-state index contributed by atoms with van der Waals surface area (Å²) in [7, 11) is 2.11. The smallest absolute Gasteiger partial charge is 0.249 e. The van der Waals surface area contributed by atoms with E-state index in [2.05, 4.69) is 18.9 Å². The van der Waals surface area contributed by atoms with E-state index in [1.165, 1.54) is 6.07 Å². The molecule has 1 rings (SSSR count). The van der Waals surface area contributed by atoms with Gasteiger partial charge in [-0.25, -0.2) is 0 Å². The average Bonchev–Trinajstić information content (AvgIpc) is 2.36. The number of anilines is 1. The van der Waals surface area contributed by atoms with E-state index in [1.807, 2.05) is 11.8 Å². The second-order valence-electron chi connectivity index (χ2n) is 4.41. The van der Waals surface area contributed by atoms with Gasteiger partial charge < -0.3 is 9.80 Å². The summed E-state index contributed by atoms with van der Waals surface area (Å²) < 4.78 is 0. The first-order chi connectivity index (χ1) is 8.10. The fourth-order valence-corrected chi connectivity index (χ4v) is 1.83. The molecular formula is C13H22N2O2. The highest BCUT2D eigenvalue weighted by molar-refractivity contribution is 5.49. The van der Waals surface area contributed by atoms with Crippen molar-refractivity contribution in [3.8, 4) is 0 Å². The van der Waals surface area contributed by atoms with Crippen LogP contribution >= 0.6 is 0 Å². The Labute approximate surface area is 103 Å². The summed E-state index contributed by atoms with van der Waals surface area (Å²) >= 11 is 0. The molecule has 0 radical (unpaired) electrons. The van der Waals surface area contributed by atoms with E-state index < -0.39 is 0 Å². The van der Waals surface area contributed by atoms with Gasteiger partial charge in [-0.2, -0.15) is 0 Å². The molecule has 0 N–H and O–H groups in total. The van der Waals surface area contributed by atoms with Gasteiger partial charge in [0.05, 0.1) is 5.69 Å². The molecule has 0 atom stereocenters. The molecule has 0 aliphatic carbocycles. The number of unbranched alkanes of at least 4 members (excludes halogenated alkanes) is 1. The minimum absolute atomic E-state index is 0.322. The van der Waals surface area contributed by atoms with Crippen LogP contribution in [0.3, 0.4) is 0 Å². The molecule has 0 aliphatic heterocycles. The van der Waals surface area contributed by atoms with Crippen molar-refractivity contribution in [3.63, 3.8) is 0 Å². The van der Waals surface area contributed by atoms with E-state index in [-0.39, 0.29) is 10.9 Å². The Morgan fingerprint density at radius 2 is 1.71 bits per heavy atom. The monoisotopic (exact) mass is 238 g/mol. The summed E-state index contributed by atoms with van der Waals surface area (Å²) in [5, 5.41) is 0. The molecule has 4 nitrogen and oxygen atoms in total. The molecule has 0 fully saturated rings. The molecular weight excluding hydrogens is 216 g/mol. The lowest BCUT2D eigenvalue weighted by Gasteiger charge is -2.23. The molecule has 1 aromatic rings. The Morgan fingerprint density at radius 1 is 1.06 bits per heavy atom. The summed E-state index contributed by atoms with van der Waals surface area (Å²) in [5.41, 5.74) is -0.0805. The third-order valence-corrected chi connectivity index (χ3v) is 3.20. The standard InChI is InChI=1S/C13H22N2O2/c1-4-14(3)8-6-7-9-15(5-2)11-10-12(16)13(11)17/h10H,4-9H2,1-3H3. The average molecular weight is 238 g/mol. The van der Waals surface area contributed by atoms with Gasteiger partial charge in [-0.1, -0.05) is 6.92 Å². The predicted molar refractivity (Wildman–Crippen MR) is 71.6 cm³/mol. The molecule has 0 saturated heterocycles. The van der Waals surface area contributed by atoms with Crippen LogP contribution < -0.4 is 15.8 Å². The molecule has 0 spiro atoms. The lowest BCUT2D eigenvalue weighted by Crippen LogP contribution is -2.39. The molecule has 96 valence electrons. The topological polar surface area (TPSA) is 40.6 Å². The molecule has 0 bridgehead atoms. The molecule has 1 aromatic carbocycles. The molecule has 17 heavy (non-hydrogen) atoms. The number of rotatable bonds is 8. The van der Waals surface area contributed by atoms with Gasteiger partial charge in [0.1, 0.15) is 0 Å². The summed E-state index contributed by atoms with van der Waals surface area (Å²) in [6.45, 7) is 7.94. The van der Waals surface area contributed by atoms with Crippen LogP contribution in [0.4, 0.5) is 5.69 Å². The fraction of sp³-hybridized carbons (Fsp3) is 0.692. The summed E-state index contributed by atoms with van der Waals surface area (Å²) in [6.07, 6.45) is 2.17. The minimum atomic E-state index is -0.357. The maximum atomic E-state index is 11.3. The largest absolute Gasteiger partial charge is 0.368 e. The lowest BCUT2D eigenvalue weighted by molar-refractivity contribution is 0.343. The van der Waals surface area contributed by atoms with Crippen molar-refractivity contribution >= 4 is 5.69 Å². The van der Waals surface area contributed by atoms with E-state index in [0.29, 0.717) is 5.69 Å². The summed E-state index contributed by atoms with van der Waals surface area (Å²) in [4.78, 5) is 26.4. The quantitative estimate of drug-likeness (QED) is 0.497. The van der Waals surface area contributed by atoms with Gasteiger partial charge in [-0.15, -0.1) is 0 Å². The number of hydrogen-bond acceptors (Lipinski definition) is 4. The van der Waals surface area contributed by atoms with E-state index >= 15 is 0 Å². The highest BCUT2D eigenvalue weighted by Gasteiger charge is 2.15. The SMILES string of the molecule is CCN(C)CCCCN(CC)c1cc(=O)c1=O. The number of hydrogen-bond donors (Lipinski definition) is 0. The Kier molecular flexibility index (Phi) is 5.35. The van der Waals surface area contributed by atoms with Gasteiger partial charge in [0.25, 0.3) is 0 Å². The molecule has 0 aromatic heterocycles. The Bertz CT molecular complexity index is 407. The zero-order valence-electron chi connectivity index (χ0n) is 11.0. The van der Waals surface area contributed by atoms with Gasteiger partial charge in [0.2, 0.25) is 10.9 Å². The van der Waals surface area contributed by atoms with Crippen molar-refractivity contribution in [2.75, 3.05) is 38.1 Å². The van der Waals surface area contributed by atoms with Crippen LogP contribution in [0.2, 0.25) is 0 Å². The summed E-state index contributed by atoms with van der Waals surface area (Å²) in [6, 6.07) is 1.45. The van der Waals surface area contributed by atoms with Gasteiger partial charge in [0, 0.05) is 19.2 Å². The van der Waals surface area contributed by atoms with Crippen molar-refractivity contribution in [1.82, 2.24) is 4.90 Å². The van der Waals surface area contributed by atoms with Crippen LogP contribution in [0.15, 0.2) is 15.7 Å². The lowest BCUT2D eigenvalue weighted by atomic mass is 10.2. The third kappa shape index (κ3) is 3.66. The fourth-order valence-electron chi connectivity index (χ4n) is 1.83. The van der Waals surface area contributed by atoms with E-state index in [0.717, 1.165) is 39.0 Å². The minimum Gasteiger partial charge on any atom is -0.368 e. The second-order valence-corrected chi connectivity index (χ2v) is 4.41. The van der Waals surface area contributed by atoms with E-state index in [4.69, 9.17) is 0 Å². The van der Waals surface area contributed by atoms with Crippen molar-refractivity contribution in [1.29, 1.82) is 0 Å². The predicted octanol–water partition coefficient (Wildman–Crippen LogP) is 0.841. The van der Waals surface area contributed by atoms with Crippen LogP contribution in [-0.2, 0) is 0 Å². The van der Waals surface area contributed by atoms with Crippen molar-refractivity contribution in [3.05, 3.63) is 26.5 Å². The Hall–Kier alpha value is -1.16. The van der Waals surface area contributed by atoms with Crippen LogP contribution in [-0.4, -0.2) is 38.1 Å². The van der Waals surface area contributed by atoms with Crippen molar-refractivity contribution in [2.24, 2.45) is 0 Å². The van der Waals surface area contributed by atoms with E-state index in [9.17, 15) is 9.59 Å². The first kappa shape index (κ1) is 13.9. The van der Waals surface area contributed by atoms with Crippen LogP contribution in [0.1, 0.15) is 26.7 Å². The van der Waals surface area contributed by atoms with Gasteiger partial charge >= 0.3 is 0 Å². The number of nitrogens with zero attached hydrogens (tertiary/aromatic N) is 2. The molecule has 0 unspecified atom stereocenters. The molecule has 0 heterocycles. The zero-order chi connectivity index (χ0) is 12.8. The first-order valence-corrected chi connectivity index (χ1v) is 6.34. The molecule has 4 heteroatoms. The normalized spacial score (nSPS) is 11.3.